The minimum Gasteiger partial charge on any atom is -0.491 e. The van der Waals surface area contributed by atoms with Crippen LogP contribution >= 0.6 is 0 Å². The van der Waals surface area contributed by atoms with Gasteiger partial charge in [-0.15, -0.1) is 0 Å². The quantitative estimate of drug-likeness (QED) is 0.780. The normalized spacial score (nSPS) is 11.9. The summed E-state index contributed by atoms with van der Waals surface area (Å²) in [5.74, 6) is 0.365. The lowest BCUT2D eigenvalue weighted by molar-refractivity contribution is -0.119. The minimum atomic E-state index is -0.532. The fourth-order valence-electron chi connectivity index (χ4n) is 1.48. The Morgan fingerprint density at radius 1 is 1.50 bits per heavy atom. The van der Waals surface area contributed by atoms with Crippen molar-refractivity contribution in [3.63, 3.8) is 0 Å². The van der Waals surface area contributed by atoms with Crippen molar-refractivity contribution < 1.29 is 13.9 Å². The Morgan fingerprint density at radius 2 is 2.28 bits per heavy atom. The second kappa shape index (κ2) is 7.66. The summed E-state index contributed by atoms with van der Waals surface area (Å²) in [6.07, 6.45) is 0. The summed E-state index contributed by atoms with van der Waals surface area (Å²) in [6, 6.07) is 6.93. The van der Waals surface area contributed by atoms with Gasteiger partial charge < -0.3 is 15.4 Å². The Kier molecular flexibility index (Phi) is 6.14. The molecule has 1 aromatic carbocycles. The van der Waals surface area contributed by atoms with E-state index in [1.54, 1.807) is 31.3 Å². The number of benzene rings is 1. The lowest BCUT2D eigenvalue weighted by atomic mass is 10.1. The third-order valence-electron chi connectivity index (χ3n) is 2.41. The van der Waals surface area contributed by atoms with Crippen molar-refractivity contribution in [1.29, 1.82) is 0 Å². The van der Waals surface area contributed by atoms with E-state index >= 15 is 0 Å². The number of alkyl halides is 1. The number of halogens is 1. The maximum atomic E-state index is 12.0. The van der Waals surface area contributed by atoms with Gasteiger partial charge in [-0.1, -0.05) is 13.0 Å². The number of nitrogens with one attached hydrogen (secondary N) is 2. The molecular weight excluding hydrogens is 235 g/mol. The van der Waals surface area contributed by atoms with Gasteiger partial charge in [0.1, 0.15) is 19.0 Å². The average Bonchev–Trinajstić information content (AvgIpc) is 2.37. The molecule has 1 unspecified atom stereocenters. The van der Waals surface area contributed by atoms with Gasteiger partial charge >= 0.3 is 0 Å². The number of carbonyl (C=O) groups is 1. The SMILES string of the molecule is CNCC(C)C(=O)Nc1cccc(OCCF)c1. The van der Waals surface area contributed by atoms with Gasteiger partial charge in [-0.05, 0) is 19.2 Å². The zero-order chi connectivity index (χ0) is 13.4. The van der Waals surface area contributed by atoms with E-state index in [9.17, 15) is 9.18 Å². The molecule has 0 spiro atoms. The van der Waals surface area contributed by atoms with Crippen molar-refractivity contribution in [1.82, 2.24) is 5.32 Å². The number of hydrogen-bond donors (Lipinski definition) is 2. The standard InChI is InChI=1S/C13H19FN2O2/c1-10(9-15-2)13(17)16-11-4-3-5-12(8-11)18-7-6-14/h3-5,8,10,15H,6-7,9H2,1-2H3,(H,16,17). The number of hydrogen-bond acceptors (Lipinski definition) is 3. The van der Waals surface area contributed by atoms with E-state index in [4.69, 9.17) is 4.74 Å². The maximum absolute atomic E-state index is 12.0. The molecule has 4 nitrogen and oxygen atoms in total. The van der Waals surface area contributed by atoms with Gasteiger partial charge in [-0.25, -0.2) is 4.39 Å². The summed E-state index contributed by atoms with van der Waals surface area (Å²) in [5, 5.41) is 5.74. The molecule has 1 atom stereocenters. The van der Waals surface area contributed by atoms with Crippen LogP contribution in [0.4, 0.5) is 10.1 Å². The first-order valence-corrected chi connectivity index (χ1v) is 5.91. The molecule has 0 bridgehead atoms. The summed E-state index contributed by atoms with van der Waals surface area (Å²) in [4.78, 5) is 11.8. The zero-order valence-corrected chi connectivity index (χ0v) is 10.7. The van der Waals surface area contributed by atoms with Gasteiger partial charge in [-0.2, -0.15) is 0 Å². The highest BCUT2D eigenvalue weighted by Crippen LogP contribution is 2.17. The van der Waals surface area contributed by atoms with E-state index in [1.807, 2.05) is 6.92 Å². The Balaban J connectivity index is 2.58. The first-order valence-electron chi connectivity index (χ1n) is 5.91. The molecule has 0 aromatic heterocycles. The Bertz CT molecular complexity index is 385. The topological polar surface area (TPSA) is 50.4 Å². The molecule has 0 fully saturated rings. The molecule has 1 amide bonds. The molecule has 2 N–H and O–H groups in total. The minimum absolute atomic E-state index is 0.0214. The summed E-state index contributed by atoms with van der Waals surface area (Å²) in [6.45, 7) is 1.95. The molecule has 0 saturated carbocycles. The highest BCUT2D eigenvalue weighted by atomic mass is 19.1. The molecule has 5 heteroatoms. The predicted molar refractivity (Wildman–Crippen MR) is 69.6 cm³/mol. The third-order valence-corrected chi connectivity index (χ3v) is 2.41. The summed E-state index contributed by atoms with van der Waals surface area (Å²) in [7, 11) is 1.80. The molecule has 0 heterocycles. The van der Waals surface area contributed by atoms with Crippen LogP contribution < -0.4 is 15.4 Å². The van der Waals surface area contributed by atoms with Crippen molar-refractivity contribution in [3.8, 4) is 5.75 Å². The summed E-state index contributed by atoms with van der Waals surface area (Å²) >= 11 is 0. The van der Waals surface area contributed by atoms with Crippen molar-refractivity contribution in [2.75, 3.05) is 32.2 Å². The molecule has 100 valence electrons. The Hall–Kier alpha value is -1.62. The lowest BCUT2D eigenvalue weighted by Crippen LogP contribution is -2.28. The van der Waals surface area contributed by atoms with Crippen molar-refractivity contribution in [2.24, 2.45) is 5.92 Å². The maximum Gasteiger partial charge on any atom is 0.228 e. The molecule has 0 radical (unpaired) electrons. The van der Waals surface area contributed by atoms with E-state index in [0.717, 1.165) is 0 Å². The molecule has 18 heavy (non-hydrogen) atoms. The highest BCUT2D eigenvalue weighted by molar-refractivity contribution is 5.92. The number of amides is 1. The predicted octanol–water partition coefficient (Wildman–Crippen LogP) is 1.83. The average molecular weight is 254 g/mol. The monoisotopic (exact) mass is 254 g/mol. The summed E-state index contributed by atoms with van der Waals surface area (Å²) < 4.78 is 17.1. The van der Waals surface area contributed by atoms with Crippen LogP contribution in [0.5, 0.6) is 5.75 Å². The lowest BCUT2D eigenvalue weighted by Gasteiger charge is -2.12. The number of ether oxygens (including phenoxy) is 1. The van der Waals surface area contributed by atoms with Gasteiger partial charge in [0.15, 0.2) is 0 Å². The molecule has 0 aliphatic carbocycles. The Morgan fingerprint density at radius 3 is 2.94 bits per heavy atom. The van der Waals surface area contributed by atoms with Gasteiger partial charge in [0.25, 0.3) is 0 Å². The second-order valence-corrected chi connectivity index (χ2v) is 4.01. The van der Waals surface area contributed by atoms with E-state index in [0.29, 0.717) is 18.0 Å². The molecule has 1 aromatic rings. The van der Waals surface area contributed by atoms with Crippen LogP contribution in [-0.4, -0.2) is 32.8 Å². The third kappa shape index (κ3) is 4.71. The van der Waals surface area contributed by atoms with E-state index < -0.39 is 6.67 Å². The molecule has 1 rings (SSSR count). The van der Waals surface area contributed by atoms with Crippen molar-refractivity contribution >= 4 is 11.6 Å². The van der Waals surface area contributed by atoms with Crippen LogP contribution in [-0.2, 0) is 4.79 Å². The fourth-order valence-corrected chi connectivity index (χ4v) is 1.48. The van der Waals surface area contributed by atoms with Gasteiger partial charge in [0, 0.05) is 24.2 Å². The van der Waals surface area contributed by atoms with Crippen LogP contribution in [0.1, 0.15) is 6.92 Å². The zero-order valence-electron chi connectivity index (χ0n) is 10.7. The molecule has 0 saturated heterocycles. The smallest absolute Gasteiger partial charge is 0.228 e. The van der Waals surface area contributed by atoms with Crippen LogP contribution in [0.2, 0.25) is 0 Å². The largest absolute Gasteiger partial charge is 0.491 e. The number of anilines is 1. The number of carbonyl (C=O) groups excluding carboxylic acids is 1. The number of rotatable bonds is 7. The fraction of sp³-hybridized carbons (Fsp3) is 0.462. The van der Waals surface area contributed by atoms with Crippen LogP contribution in [0.15, 0.2) is 24.3 Å². The van der Waals surface area contributed by atoms with Crippen LogP contribution in [0, 0.1) is 5.92 Å². The first-order chi connectivity index (χ1) is 8.67. The molecular formula is C13H19FN2O2. The van der Waals surface area contributed by atoms with Crippen molar-refractivity contribution in [2.45, 2.75) is 6.92 Å². The van der Waals surface area contributed by atoms with Crippen LogP contribution in [0.25, 0.3) is 0 Å². The van der Waals surface area contributed by atoms with E-state index in [1.165, 1.54) is 0 Å². The Labute approximate surface area is 107 Å². The van der Waals surface area contributed by atoms with E-state index in [-0.39, 0.29) is 18.4 Å². The first kappa shape index (κ1) is 14.4. The van der Waals surface area contributed by atoms with Gasteiger partial charge in [0.2, 0.25) is 5.91 Å². The second-order valence-electron chi connectivity index (χ2n) is 4.01. The van der Waals surface area contributed by atoms with Gasteiger partial charge in [-0.3, -0.25) is 4.79 Å². The molecule has 0 aliphatic rings. The highest BCUT2D eigenvalue weighted by Gasteiger charge is 2.11. The van der Waals surface area contributed by atoms with Crippen molar-refractivity contribution in [3.05, 3.63) is 24.3 Å². The van der Waals surface area contributed by atoms with Gasteiger partial charge in [0.05, 0.1) is 0 Å². The summed E-state index contributed by atoms with van der Waals surface area (Å²) in [5.41, 5.74) is 0.652. The van der Waals surface area contributed by atoms with E-state index in [2.05, 4.69) is 10.6 Å². The molecule has 0 aliphatic heterocycles. The van der Waals surface area contributed by atoms with Crippen LogP contribution in [0.3, 0.4) is 0 Å².